The van der Waals surface area contributed by atoms with Crippen LogP contribution in [0.25, 0.3) is 16.5 Å². The van der Waals surface area contributed by atoms with Crippen molar-refractivity contribution in [1.82, 2.24) is 9.78 Å². The third-order valence-electron chi connectivity index (χ3n) is 3.99. The highest BCUT2D eigenvalue weighted by Crippen LogP contribution is 2.33. The number of ether oxygens (including phenoxy) is 2. The Morgan fingerprint density at radius 2 is 2.04 bits per heavy atom. The molecule has 0 unspecified atom stereocenters. The third kappa shape index (κ3) is 2.65. The Hall–Kier alpha value is -2.82. The van der Waals surface area contributed by atoms with Crippen molar-refractivity contribution < 1.29 is 14.3 Å². The molecule has 2 aromatic carbocycles. The Morgan fingerprint density at radius 3 is 2.70 bits per heavy atom. The Labute approximate surface area is 134 Å². The van der Waals surface area contributed by atoms with E-state index in [9.17, 15) is 4.79 Å². The zero-order chi connectivity index (χ0) is 16.4. The van der Waals surface area contributed by atoms with E-state index in [1.165, 1.54) is 7.11 Å². The van der Waals surface area contributed by atoms with Crippen LogP contribution in [0.5, 0.6) is 5.75 Å². The topological polar surface area (TPSA) is 53.4 Å². The number of benzene rings is 2. The molecular formula is C18H18N2O3. The zero-order valence-corrected chi connectivity index (χ0v) is 13.3. The standard InChI is InChI=1S/C18H18N2O3/c1-12(18(21)23-3)13-5-7-15-14(11-13)6-8-16(22-2)17(15)20-10-4-9-19-20/h4-12H,1-3H3/t12-/m0/s1. The molecule has 0 radical (unpaired) electrons. The van der Waals surface area contributed by atoms with Crippen molar-refractivity contribution in [2.75, 3.05) is 14.2 Å². The molecule has 0 saturated heterocycles. The van der Waals surface area contributed by atoms with Gasteiger partial charge in [0, 0.05) is 17.8 Å². The van der Waals surface area contributed by atoms with Crippen molar-refractivity contribution in [2.24, 2.45) is 0 Å². The van der Waals surface area contributed by atoms with Crippen LogP contribution in [-0.2, 0) is 9.53 Å². The zero-order valence-electron chi connectivity index (χ0n) is 13.3. The first kappa shape index (κ1) is 15.1. The fourth-order valence-electron chi connectivity index (χ4n) is 2.70. The molecule has 3 aromatic rings. The van der Waals surface area contributed by atoms with Gasteiger partial charge in [0.15, 0.2) is 0 Å². The Kier molecular flexibility index (Phi) is 4.02. The summed E-state index contributed by atoms with van der Waals surface area (Å²) in [5, 5.41) is 6.33. The van der Waals surface area contributed by atoms with Gasteiger partial charge in [0.2, 0.25) is 0 Å². The van der Waals surface area contributed by atoms with E-state index in [4.69, 9.17) is 9.47 Å². The van der Waals surface area contributed by atoms with Gasteiger partial charge in [-0.15, -0.1) is 0 Å². The molecule has 0 fully saturated rings. The molecule has 0 saturated carbocycles. The molecule has 0 spiro atoms. The average molecular weight is 310 g/mol. The summed E-state index contributed by atoms with van der Waals surface area (Å²) >= 11 is 0. The molecule has 0 amide bonds. The predicted octanol–water partition coefficient (Wildman–Crippen LogP) is 3.31. The number of carbonyl (C=O) groups is 1. The van der Waals surface area contributed by atoms with Crippen LogP contribution >= 0.6 is 0 Å². The van der Waals surface area contributed by atoms with Crippen molar-refractivity contribution in [2.45, 2.75) is 12.8 Å². The molecule has 0 aliphatic carbocycles. The van der Waals surface area contributed by atoms with Gasteiger partial charge < -0.3 is 9.47 Å². The summed E-state index contributed by atoms with van der Waals surface area (Å²) in [7, 11) is 3.04. The van der Waals surface area contributed by atoms with E-state index >= 15 is 0 Å². The van der Waals surface area contributed by atoms with Crippen molar-refractivity contribution >= 4 is 16.7 Å². The Bertz CT molecular complexity index is 841. The quantitative estimate of drug-likeness (QED) is 0.694. The van der Waals surface area contributed by atoms with Gasteiger partial charge in [0.1, 0.15) is 11.4 Å². The van der Waals surface area contributed by atoms with E-state index in [1.807, 2.05) is 49.5 Å². The first-order valence-electron chi connectivity index (χ1n) is 7.34. The number of esters is 1. The van der Waals surface area contributed by atoms with Crippen molar-refractivity contribution in [1.29, 1.82) is 0 Å². The van der Waals surface area contributed by atoms with Gasteiger partial charge in [-0.25, -0.2) is 4.68 Å². The smallest absolute Gasteiger partial charge is 0.312 e. The SMILES string of the molecule is COC(=O)[C@@H](C)c1ccc2c(-n3cccn3)c(OC)ccc2c1. The van der Waals surface area contributed by atoms with Gasteiger partial charge in [0.05, 0.1) is 20.1 Å². The minimum absolute atomic E-state index is 0.245. The Balaban J connectivity index is 2.17. The number of hydrogen-bond acceptors (Lipinski definition) is 4. The highest BCUT2D eigenvalue weighted by molar-refractivity contribution is 5.94. The fraction of sp³-hybridized carbons (Fsp3) is 0.222. The number of methoxy groups -OCH3 is 2. The van der Waals surface area contributed by atoms with Gasteiger partial charge in [-0.3, -0.25) is 4.79 Å². The molecule has 0 aliphatic heterocycles. The summed E-state index contributed by atoms with van der Waals surface area (Å²) in [4.78, 5) is 11.7. The highest BCUT2D eigenvalue weighted by atomic mass is 16.5. The van der Waals surface area contributed by atoms with Gasteiger partial charge in [-0.1, -0.05) is 24.3 Å². The summed E-state index contributed by atoms with van der Waals surface area (Å²) in [6.45, 7) is 1.84. The maximum absolute atomic E-state index is 11.7. The van der Waals surface area contributed by atoms with Crippen LogP contribution in [-0.4, -0.2) is 30.0 Å². The number of aromatic nitrogens is 2. The minimum Gasteiger partial charge on any atom is -0.494 e. The summed E-state index contributed by atoms with van der Waals surface area (Å²) < 4.78 is 12.1. The number of fused-ring (bicyclic) bond motifs is 1. The molecule has 0 bridgehead atoms. The molecule has 0 N–H and O–H groups in total. The first-order chi connectivity index (χ1) is 11.2. The summed E-state index contributed by atoms with van der Waals surface area (Å²) in [5.41, 5.74) is 1.80. The fourth-order valence-corrected chi connectivity index (χ4v) is 2.70. The molecule has 5 nitrogen and oxygen atoms in total. The lowest BCUT2D eigenvalue weighted by molar-refractivity contribution is -0.141. The van der Waals surface area contributed by atoms with Crippen LogP contribution in [0.2, 0.25) is 0 Å². The molecule has 3 rings (SSSR count). The van der Waals surface area contributed by atoms with Gasteiger partial charge in [-0.2, -0.15) is 5.10 Å². The maximum atomic E-state index is 11.7. The molecule has 1 atom stereocenters. The number of carbonyl (C=O) groups excluding carboxylic acids is 1. The van der Waals surface area contributed by atoms with Gasteiger partial charge >= 0.3 is 5.97 Å². The van der Waals surface area contributed by atoms with Crippen molar-refractivity contribution in [3.8, 4) is 11.4 Å². The largest absolute Gasteiger partial charge is 0.494 e. The van der Waals surface area contributed by atoms with Crippen LogP contribution in [0.15, 0.2) is 48.8 Å². The van der Waals surface area contributed by atoms with Gasteiger partial charge in [0.25, 0.3) is 0 Å². The van der Waals surface area contributed by atoms with E-state index in [2.05, 4.69) is 5.10 Å². The molecular weight excluding hydrogens is 292 g/mol. The lowest BCUT2D eigenvalue weighted by Gasteiger charge is -2.14. The van der Waals surface area contributed by atoms with Crippen LogP contribution in [0.4, 0.5) is 0 Å². The first-order valence-corrected chi connectivity index (χ1v) is 7.34. The second kappa shape index (κ2) is 6.12. The van der Waals surface area contributed by atoms with E-state index in [-0.39, 0.29) is 11.9 Å². The second-order valence-electron chi connectivity index (χ2n) is 5.29. The van der Waals surface area contributed by atoms with Crippen LogP contribution < -0.4 is 4.74 Å². The molecule has 5 heteroatoms. The van der Waals surface area contributed by atoms with Crippen LogP contribution in [0.3, 0.4) is 0 Å². The van der Waals surface area contributed by atoms with Gasteiger partial charge in [-0.05, 0) is 30.0 Å². The number of rotatable bonds is 4. The average Bonchev–Trinajstić information content (AvgIpc) is 3.12. The van der Waals surface area contributed by atoms with E-state index < -0.39 is 0 Å². The van der Waals surface area contributed by atoms with E-state index in [1.54, 1.807) is 18.0 Å². The molecule has 23 heavy (non-hydrogen) atoms. The normalized spacial score (nSPS) is 12.1. The summed E-state index contributed by atoms with van der Waals surface area (Å²) in [5.74, 6) is 0.194. The lowest BCUT2D eigenvalue weighted by atomic mass is 9.97. The lowest BCUT2D eigenvalue weighted by Crippen LogP contribution is -2.10. The monoisotopic (exact) mass is 310 g/mol. The third-order valence-corrected chi connectivity index (χ3v) is 3.99. The number of nitrogens with zero attached hydrogens (tertiary/aromatic N) is 2. The summed E-state index contributed by atoms with van der Waals surface area (Å²) in [6, 6.07) is 11.7. The Morgan fingerprint density at radius 1 is 1.22 bits per heavy atom. The number of hydrogen-bond donors (Lipinski definition) is 0. The van der Waals surface area contributed by atoms with E-state index in [0.717, 1.165) is 27.8 Å². The van der Waals surface area contributed by atoms with Crippen LogP contribution in [0, 0.1) is 0 Å². The second-order valence-corrected chi connectivity index (χ2v) is 5.29. The van der Waals surface area contributed by atoms with E-state index in [0.29, 0.717) is 0 Å². The maximum Gasteiger partial charge on any atom is 0.312 e. The van der Waals surface area contributed by atoms with Crippen LogP contribution in [0.1, 0.15) is 18.4 Å². The predicted molar refractivity (Wildman–Crippen MR) is 88.1 cm³/mol. The molecule has 118 valence electrons. The highest BCUT2D eigenvalue weighted by Gasteiger charge is 2.17. The molecule has 1 heterocycles. The minimum atomic E-state index is -0.306. The van der Waals surface area contributed by atoms with Crippen molar-refractivity contribution in [3.05, 3.63) is 54.4 Å². The molecule has 1 aromatic heterocycles. The summed E-state index contributed by atoms with van der Waals surface area (Å²) in [6.07, 6.45) is 3.61. The molecule has 0 aliphatic rings. The van der Waals surface area contributed by atoms with Crippen molar-refractivity contribution in [3.63, 3.8) is 0 Å².